The fraction of sp³-hybridized carbons (Fsp3) is 0.417. The van der Waals surface area contributed by atoms with Gasteiger partial charge in [-0.05, 0) is 56.1 Å². The highest BCUT2D eigenvalue weighted by Crippen LogP contribution is 2.38. The zero-order chi connectivity index (χ0) is 22.4. The molecule has 5 nitrogen and oxygen atoms in total. The Morgan fingerprint density at radius 2 is 1.68 bits per heavy atom. The van der Waals surface area contributed by atoms with Crippen molar-refractivity contribution in [1.29, 1.82) is 0 Å². The van der Waals surface area contributed by atoms with E-state index in [1.807, 2.05) is 24.3 Å². The van der Waals surface area contributed by atoms with Gasteiger partial charge < -0.3 is 10.1 Å². The Hall–Kier alpha value is -2.08. The highest BCUT2D eigenvalue weighted by atomic mass is 35.5. The summed E-state index contributed by atoms with van der Waals surface area (Å²) in [6.07, 6.45) is 4.14. The maximum atomic E-state index is 13.2. The Morgan fingerprint density at radius 1 is 1.03 bits per heavy atom. The monoisotopic (exact) mass is 462 g/mol. The average molecular weight is 463 g/mol. The summed E-state index contributed by atoms with van der Waals surface area (Å²) in [6.45, 7) is 5.17. The molecular formula is C24H28Cl2N2O3. The van der Waals surface area contributed by atoms with Crippen LogP contribution in [-0.2, 0) is 14.3 Å². The summed E-state index contributed by atoms with van der Waals surface area (Å²) in [5, 5.41) is 4.26. The summed E-state index contributed by atoms with van der Waals surface area (Å²) in [5.41, 5.74) is 2.03. The molecular weight excluding hydrogens is 435 g/mol. The van der Waals surface area contributed by atoms with Crippen molar-refractivity contribution in [3.05, 3.63) is 58.1 Å². The van der Waals surface area contributed by atoms with E-state index >= 15 is 0 Å². The standard InChI is InChI=1S/C24H28Cl2N2O3/c1-3-21(28-14-7-4-8-15-28)22(24(30)31-16(2)29)17-10-5-6-13-20(17)27-23-18(25)11-9-12-19(23)26/h5-6,9-13,21-22,27H,3-4,7-8,14-15H2,1-2H3. The van der Waals surface area contributed by atoms with Gasteiger partial charge >= 0.3 is 11.9 Å². The molecule has 0 spiro atoms. The number of hydrogen-bond acceptors (Lipinski definition) is 5. The van der Waals surface area contributed by atoms with Crippen molar-refractivity contribution in [1.82, 2.24) is 4.90 Å². The predicted octanol–water partition coefficient (Wildman–Crippen LogP) is 6.17. The predicted molar refractivity (Wildman–Crippen MR) is 125 cm³/mol. The lowest BCUT2D eigenvalue weighted by Crippen LogP contribution is -2.45. The third-order valence-corrected chi connectivity index (χ3v) is 6.31. The van der Waals surface area contributed by atoms with Crippen molar-refractivity contribution in [2.75, 3.05) is 18.4 Å². The SMILES string of the molecule is CCC(C(C(=O)OC(C)=O)c1ccccc1Nc1c(Cl)cccc1Cl)N1CCCCC1. The van der Waals surface area contributed by atoms with Gasteiger partial charge in [0.25, 0.3) is 0 Å². The van der Waals surface area contributed by atoms with Crippen LogP contribution in [0.25, 0.3) is 0 Å². The van der Waals surface area contributed by atoms with Gasteiger partial charge in [0.05, 0.1) is 21.7 Å². The van der Waals surface area contributed by atoms with Gasteiger partial charge in [-0.2, -0.15) is 0 Å². The minimum Gasteiger partial charge on any atom is -0.393 e. The van der Waals surface area contributed by atoms with Gasteiger partial charge in [0.1, 0.15) is 0 Å². The van der Waals surface area contributed by atoms with Gasteiger partial charge in [-0.15, -0.1) is 0 Å². The highest BCUT2D eigenvalue weighted by Gasteiger charge is 2.37. The minimum atomic E-state index is -0.628. The van der Waals surface area contributed by atoms with Crippen LogP contribution in [0.4, 0.5) is 11.4 Å². The lowest BCUT2D eigenvalue weighted by Gasteiger charge is -2.38. The van der Waals surface area contributed by atoms with E-state index in [9.17, 15) is 9.59 Å². The molecule has 166 valence electrons. The maximum absolute atomic E-state index is 13.2. The molecule has 0 amide bonds. The van der Waals surface area contributed by atoms with Crippen molar-refractivity contribution in [3.63, 3.8) is 0 Å². The zero-order valence-electron chi connectivity index (χ0n) is 17.9. The van der Waals surface area contributed by atoms with E-state index in [1.54, 1.807) is 18.2 Å². The number of piperidine rings is 1. The second-order valence-electron chi connectivity index (χ2n) is 7.77. The summed E-state index contributed by atoms with van der Waals surface area (Å²) >= 11 is 12.7. The molecule has 2 atom stereocenters. The quantitative estimate of drug-likeness (QED) is 0.393. The molecule has 3 rings (SSSR count). The fourth-order valence-corrected chi connectivity index (χ4v) is 4.78. The summed E-state index contributed by atoms with van der Waals surface area (Å²) in [5.74, 6) is -1.77. The number of para-hydroxylation sites is 2. The van der Waals surface area contributed by atoms with Crippen molar-refractivity contribution in [3.8, 4) is 0 Å². The Morgan fingerprint density at radius 3 is 2.29 bits per heavy atom. The Balaban J connectivity index is 2.04. The molecule has 0 bridgehead atoms. The van der Waals surface area contributed by atoms with Crippen LogP contribution in [-0.4, -0.2) is 36.0 Å². The highest BCUT2D eigenvalue weighted by molar-refractivity contribution is 6.39. The number of nitrogens with one attached hydrogen (secondary N) is 1. The number of esters is 2. The van der Waals surface area contributed by atoms with Gasteiger partial charge in [0.2, 0.25) is 0 Å². The Kier molecular flexibility index (Phi) is 8.35. The number of rotatable bonds is 7. The Bertz CT molecular complexity index is 909. The number of nitrogens with zero attached hydrogens (tertiary/aromatic N) is 1. The van der Waals surface area contributed by atoms with E-state index in [0.29, 0.717) is 21.4 Å². The molecule has 1 fully saturated rings. The molecule has 7 heteroatoms. The van der Waals surface area contributed by atoms with E-state index < -0.39 is 17.9 Å². The van der Waals surface area contributed by atoms with Crippen LogP contribution in [0.2, 0.25) is 10.0 Å². The van der Waals surface area contributed by atoms with Crippen LogP contribution in [0.15, 0.2) is 42.5 Å². The first-order valence-corrected chi connectivity index (χ1v) is 11.4. The topological polar surface area (TPSA) is 58.6 Å². The number of anilines is 2. The van der Waals surface area contributed by atoms with Crippen LogP contribution in [0.1, 0.15) is 51.0 Å². The molecule has 2 aromatic rings. The Labute approximate surface area is 193 Å². The van der Waals surface area contributed by atoms with Crippen molar-refractivity contribution < 1.29 is 14.3 Å². The molecule has 0 saturated carbocycles. The summed E-state index contributed by atoms with van der Waals surface area (Å²) in [4.78, 5) is 27.2. The molecule has 1 N–H and O–H groups in total. The number of hydrogen-bond donors (Lipinski definition) is 1. The van der Waals surface area contributed by atoms with E-state index in [1.165, 1.54) is 13.3 Å². The van der Waals surface area contributed by atoms with Crippen LogP contribution in [0.5, 0.6) is 0 Å². The molecule has 1 aliphatic heterocycles. The molecule has 2 aromatic carbocycles. The average Bonchev–Trinajstić information content (AvgIpc) is 2.75. The molecule has 1 aliphatic rings. The third kappa shape index (κ3) is 5.79. The maximum Gasteiger partial charge on any atom is 0.322 e. The third-order valence-electron chi connectivity index (χ3n) is 5.68. The van der Waals surface area contributed by atoms with E-state index in [0.717, 1.165) is 37.9 Å². The van der Waals surface area contributed by atoms with Crippen LogP contribution < -0.4 is 5.32 Å². The van der Waals surface area contributed by atoms with Crippen LogP contribution >= 0.6 is 23.2 Å². The molecule has 2 unspecified atom stereocenters. The summed E-state index contributed by atoms with van der Waals surface area (Å²) in [6, 6.07) is 12.7. The summed E-state index contributed by atoms with van der Waals surface area (Å²) < 4.78 is 5.11. The van der Waals surface area contributed by atoms with Crippen LogP contribution in [0, 0.1) is 0 Å². The van der Waals surface area contributed by atoms with Gasteiger partial charge in [-0.25, -0.2) is 0 Å². The summed E-state index contributed by atoms with van der Waals surface area (Å²) in [7, 11) is 0. The largest absolute Gasteiger partial charge is 0.393 e. The van der Waals surface area contributed by atoms with E-state index in [4.69, 9.17) is 27.9 Å². The second-order valence-corrected chi connectivity index (χ2v) is 8.59. The van der Waals surface area contributed by atoms with E-state index in [-0.39, 0.29) is 6.04 Å². The molecule has 0 aromatic heterocycles. The number of likely N-dealkylation sites (tertiary alicyclic amines) is 1. The zero-order valence-corrected chi connectivity index (χ0v) is 19.4. The lowest BCUT2D eigenvalue weighted by atomic mass is 9.86. The molecule has 0 radical (unpaired) electrons. The van der Waals surface area contributed by atoms with E-state index in [2.05, 4.69) is 17.1 Å². The number of carbonyl (C=O) groups excluding carboxylic acids is 2. The van der Waals surface area contributed by atoms with Gasteiger partial charge in [-0.1, -0.05) is 60.8 Å². The second kappa shape index (κ2) is 11.0. The number of halogens is 2. The molecule has 31 heavy (non-hydrogen) atoms. The van der Waals surface area contributed by atoms with Gasteiger partial charge in [-0.3, -0.25) is 14.5 Å². The van der Waals surface area contributed by atoms with Gasteiger partial charge in [0.15, 0.2) is 0 Å². The molecule has 1 heterocycles. The first-order chi connectivity index (χ1) is 14.9. The lowest BCUT2D eigenvalue weighted by molar-refractivity contribution is -0.160. The smallest absolute Gasteiger partial charge is 0.322 e. The van der Waals surface area contributed by atoms with Crippen molar-refractivity contribution >= 4 is 46.5 Å². The number of ether oxygens (including phenoxy) is 1. The molecule has 1 saturated heterocycles. The van der Waals surface area contributed by atoms with Crippen molar-refractivity contribution in [2.45, 2.75) is 51.5 Å². The van der Waals surface area contributed by atoms with Gasteiger partial charge in [0, 0.05) is 18.7 Å². The fourth-order valence-electron chi connectivity index (χ4n) is 4.29. The number of benzene rings is 2. The van der Waals surface area contributed by atoms with Crippen LogP contribution in [0.3, 0.4) is 0 Å². The minimum absolute atomic E-state index is 0.0863. The van der Waals surface area contributed by atoms with Crippen molar-refractivity contribution in [2.24, 2.45) is 0 Å². The molecule has 0 aliphatic carbocycles. The first-order valence-electron chi connectivity index (χ1n) is 10.7. The number of carbonyl (C=O) groups is 2. The normalized spacial score (nSPS) is 16.4. The first kappa shape index (κ1) is 23.6.